The SMILES string of the molecule is CNCC1CCC(C(C)C)CC1Cc1nccs1. The van der Waals surface area contributed by atoms with Crippen molar-refractivity contribution in [2.24, 2.45) is 23.7 Å². The fourth-order valence-electron chi connectivity index (χ4n) is 3.33. The van der Waals surface area contributed by atoms with E-state index in [4.69, 9.17) is 0 Å². The van der Waals surface area contributed by atoms with Gasteiger partial charge in [-0.1, -0.05) is 13.8 Å². The molecule has 1 saturated carbocycles. The lowest BCUT2D eigenvalue weighted by Gasteiger charge is -2.37. The molecule has 0 radical (unpaired) electrons. The van der Waals surface area contributed by atoms with Crippen molar-refractivity contribution in [3.63, 3.8) is 0 Å². The molecule has 1 aromatic rings. The van der Waals surface area contributed by atoms with Crippen molar-refractivity contribution in [3.8, 4) is 0 Å². The third-order valence-electron chi connectivity index (χ3n) is 4.51. The van der Waals surface area contributed by atoms with E-state index in [1.165, 1.54) is 37.2 Å². The minimum absolute atomic E-state index is 0.824. The van der Waals surface area contributed by atoms with Crippen LogP contribution in [0.3, 0.4) is 0 Å². The molecule has 1 fully saturated rings. The highest BCUT2D eigenvalue weighted by Gasteiger charge is 2.31. The van der Waals surface area contributed by atoms with Gasteiger partial charge < -0.3 is 5.32 Å². The van der Waals surface area contributed by atoms with E-state index in [-0.39, 0.29) is 0 Å². The van der Waals surface area contributed by atoms with Gasteiger partial charge in [-0.15, -0.1) is 11.3 Å². The second-order valence-corrected chi connectivity index (χ2v) is 7.00. The Morgan fingerprint density at radius 2 is 2.22 bits per heavy atom. The number of rotatable bonds is 5. The molecule has 0 spiro atoms. The molecular weight excluding hydrogens is 240 g/mol. The zero-order valence-electron chi connectivity index (χ0n) is 11.9. The Kier molecular flexibility index (Phi) is 5.19. The van der Waals surface area contributed by atoms with Crippen LogP contribution in [-0.4, -0.2) is 18.6 Å². The van der Waals surface area contributed by atoms with E-state index in [9.17, 15) is 0 Å². The maximum absolute atomic E-state index is 4.47. The topological polar surface area (TPSA) is 24.9 Å². The van der Waals surface area contributed by atoms with Crippen LogP contribution >= 0.6 is 11.3 Å². The number of hydrogen-bond acceptors (Lipinski definition) is 3. The molecule has 0 aromatic carbocycles. The second kappa shape index (κ2) is 6.67. The summed E-state index contributed by atoms with van der Waals surface area (Å²) in [4.78, 5) is 4.47. The third-order valence-corrected chi connectivity index (χ3v) is 5.31. The van der Waals surface area contributed by atoms with Crippen molar-refractivity contribution >= 4 is 11.3 Å². The first kappa shape index (κ1) is 14.0. The van der Waals surface area contributed by atoms with Crippen molar-refractivity contribution in [2.45, 2.75) is 39.5 Å². The summed E-state index contributed by atoms with van der Waals surface area (Å²) in [6.45, 7) is 5.92. The summed E-state index contributed by atoms with van der Waals surface area (Å²) >= 11 is 1.81. The van der Waals surface area contributed by atoms with Crippen LogP contribution < -0.4 is 5.32 Å². The van der Waals surface area contributed by atoms with Gasteiger partial charge in [0.2, 0.25) is 0 Å². The average molecular weight is 266 g/mol. The first-order valence-electron chi connectivity index (χ1n) is 7.23. The van der Waals surface area contributed by atoms with E-state index in [1.54, 1.807) is 0 Å². The molecule has 1 aromatic heterocycles. The van der Waals surface area contributed by atoms with Crippen LogP contribution in [0.1, 0.15) is 38.1 Å². The van der Waals surface area contributed by atoms with Gasteiger partial charge in [0, 0.05) is 18.0 Å². The minimum atomic E-state index is 0.824. The highest BCUT2D eigenvalue weighted by molar-refractivity contribution is 7.09. The maximum Gasteiger partial charge on any atom is 0.0927 e. The molecule has 1 N–H and O–H groups in total. The molecule has 3 unspecified atom stereocenters. The lowest BCUT2D eigenvalue weighted by molar-refractivity contribution is 0.146. The van der Waals surface area contributed by atoms with Crippen molar-refractivity contribution in [1.29, 1.82) is 0 Å². The fraction of sp³-hybridized carbons (Fsp3) is 0.800. The Bertz CT molecular complexity index is 334. The minimum Gasteiger partial charge on any atom is -0.319 e. The average Bonchev–Trinajstić information content (AvgIpc) is 2.84. The summed E-state index contributed by atoms with van der Waals surface area (Å²) in [5, 5.41) is 6.80. The van der Waals surface area contributed by atoms with Gasteiger partial charge in [-0.2, -0.15) is 0 Å². The van der Waals surface area contributed by atoms with Crippen LogP contribution in [0.15, 0.2) is 11.6 Å². The predicted molar refractivity (Wildman–Crippen MR) is 78.9 cm³/mol. The highest BCUT2D eigenvalue weighted by Crippen LogP contribution is 2.39. The number of nitrogens with one attached hydrogen (secondary N) is 1. The van der Waals surface area contributed by atoms with E-state index in [0.717, 1.165) is 23.7 Å². The molecule has 0 amide bonds. The molecule has 1 heterocycles. The molecule has 102 valence electrons. The summed E-state index contributed by atoms with van der Waals surface area (Å²) in [6.07, 6.45) is 7.32. The largest absolute Gasteiger partial charge is 0.319 e. The van der Waals surface area contributed by atoms with Crippen molar-refractivity contribution < 1.29 is 0 Å². The molecule has 18 heavy (non-hydrogen) atoms. The van der Waals surface area contributed by atoms with Gasteiger partial charge >= 0.3 is 0 Å². The lowest BCUT2D eigenvalue weighted by atomic mass is 9.69. The van der Waals surface area contributed by atoms with Crippen molar-refractivity contribution in [2.75, 3.05) is 13.6 Å². The van der Waals surface area contributed by atoms with E-state index < -0.39 is 0 Å². The van der Waals surface area contributed by atoms with Crippen LogP contribution in [0.25, 0.3) is 0 Å². The zero-order chi connectivity index (χ0) is 13.0. The summed E-state index contributed by atoms with van der Waals surface area (Å²) in [5.41, 5.74) is 0. The molecule has 3 heteroatoms. The Morgan fingerprint density at radius 3 is 2.83 bits per heavy atom. The Hall–Kier alpha value is -0.410. The molecule has 1 aliphatic carbocycles. The van der Waals surface area contributed by atoms with Gasteiger partial charge in [0.1, 0.15) is 0 Å². The quantitative estimate of drug-likeness (QED) is 0.881. The number of aromatic nitrogens is 1. The van der Waals surface area contributed by atoms with Gasteiger partial charge in [-0.25, -0.2) is 4.98 Å². The standard InChI is InChI=1S/C15H26N2S/c1-11(2)12-4-5-13(10-16-3)14(8-12)9-15-17-6-7-18-15/h6-7,11-14,16H,4-5,8-10H2,1-3H3. The third kappa shape index (κ3) is 3.55. The second-order valence-electron chi connectivity index (χ2n) is 6.02. The van der Waals surface area contributed by atoms with Crippen molar-refractivity contribution in [3.05, 3.63) is 16.6 Å². The number of thiazole rings is 1. The number of nitrogens with zero attached hydrogens (tertiary/aromatic N) is 1. The van der Waals surface area contributed by atoms with Crippen LogP contribution in [0.2, 0.25) is 0 Å². The Labute approximate surface area is 115 Å². The molecule has 0 saturated heterocycles. The lowest BCUT2D eigenvalue weighted by Crippen LogP contribution is -2.34. The Balaban J connectivity index is 2.00. The fourth-order valence-corrected chi connectivity index (χ4v) is 4.04. The van der Waals surface area contributed by atoms with Crippen molar-refractivity contribution in [1.82, 2.24) is 10.3 Å². The molecule has 3 atom stereocenters. The van der Waals surface area contributed by atoms with Gasteiger partial charge in [-0.05, 0) is 56.5 Å². The maximum atomic E-state index is 4.47. The smallest absolute Gasteiger partial charge is 0.0927 e. The van der Waals surface area contributed by atoms with Gasteiger partial charge in [0.15, 0.2) is 0 Å². The molecular formula is C15H26N2S. The van der Waals surface area contributed by atoms with E-state index >= 15 is 0 Å². The first-order chi connectivity index (χ1) is 8.70. The molecule has 2 nitrogen and oxygen atoms in total. The highest BCUT2D eigenvalue weighted by atomic mass is 32.1. The first-order valence-corrected chi connectivity index (χ1v) is 8.11. The number of hydrogen-bond donors (Lipinski definition) is 1. The predicted octanol–water partition coefficient (Wildman–Crippen LogP) is 3.59. The van der Waals surface area contributed by atoms with E-state index in [1.807, 2.05) is 17.5 Å². The Morgan fingerprint density at radius 1 is 1.39 bits per heavy atom. The summed E-state index contributed by atoms with van der Waals surface area (Å²) in [7, 11) is 2.08. The molecule has 1 aliphatic rings. The van der Waals surface area contributed by atoms with Crippen LogP contribution in [0.4, 0.5) is 0 Å². The van der Waals surface area contributed by atoms with E-state index in [2.05, 4.69) is 36.6 Å². The van der Waals surface area contributed by atoms with E-state index in [0.29, 0.717) is 0 Å². The van der Waals surface area contributed by atoms with Gasteiger partial charge in [0.05, 0.1) is 5.01 Å². The molecule has 0 aliphatic heterocycles. The van der Waals surface area contributed by atoms with Crippen LogP contribution in [-0.2, 0) is 6.42 Å². The van der Waals surface area contributed by atoms with Gasteiger partial charge in [-0.3, -0.25) is 0 Å². The monoisotopic (exact) mass is 266 g/mol. The van der Waals surface area contributed by atoms with Crippen LogP contribution in [0.5, 0.6) is 0 Å². The molecule has 2 rings (SSSR count). The van der Waals surface area contributed by atoms with Crippen LogP contribution in [0, 0.1) is 23.7 Å². The normalized spacial score (nSPS) is 28.8. The summed E-state index contributed by atoms with van der Waals surface area (Å²) in [5.74, 6) is 3.42. The van der Waals surface area contributed by atoms with Gasteiger partial charge in [0.25, 0.3) is 0 Å². The summed E-state index contributed by atoms with van der Waals surface area (Å²) < 4.78 is 0. The zero-order valence-corrected chi connectivity index (χ0v) is 12.7. The summed E-state index contributed by atoms with van der Waals surface area (Å²) in [6, 6.07) is 0. The molecule has 0 bridgehead atoms.